The number of aromatic nitrogens is 4. The Morgan fingerprint density at radius 2 is 1.68 bits per heavy atom. The summed E-state index contributed by atoms with van der Waals surface area (Å²) in [6, 6.07) is 14.1. The molecule has 0 unspecified atom stereocenters. The number of aryl methyl sites for hydroxylation is 3. The largest absolute Gasteiger partial charge is 0.334 e. The van der Waals surface area contributed by atoms with Gasteiger partial charge in [-0.2, -0.15) is 4.98 Å². The third-order valence-corrected chi connectivity index (χ3v) is 5.33. The van der Waals surface area contributed by atoms with Crippen LogP contribution in [0.4, 0.5) is 0 Å². The fraction of sp³-hybridized carbons (Fsp3) is 0.231. The van der Waals surface area contributed by atoms with Gasteiger partial charge in [-0.25, -0.2) is 9.97 Å². The lowest BCUT2D eigenvalue weighted by Gasteiger charge is -2.12. The van der Waals surface area contributed by atoms with E-state index in [2.05, 4.69) is 47.0 Å². The number of hydrogen-bond acceptors (Lipinski definition) is 5. The highest BCUT2D eigenvalue weighted by atomic mass is 16.5. The average Bonchev–Trinajstić information content (AvgIpc) is 3.26. The van der Waals surface area contributed by atoms with E-state index >= 15 is 0 Å². The van der Waals surface area contributed by atoms with Crippen LogP contribution in [0.3, 0.4) is 0 Å². The normalized spacial score (nSPS) is 10.8. The number of hydrogen-bond donors (Lipinski definition) is 0. The second kappa shape index (κ2) is 8.93. The van der Waals surface area contributed by atoms with Crippen LogP contribution in [0.15, 0.2) is 53.2 Å². The molecule has 0 N–H and O–H groups in total. The lowest BCUT2D eigenvalue weighted by atomic mass is 9.95. The van der Waals surface area contributed by atoms with Gasteiger partial charge in [0.05, 0.1) is 0 Å². The summed E-state index contributed by atoms with van der Waals surface area (Å²) >= 11 is 0. The van der Waals surface area contributed by atoms with Crippen LogP contribution >= 0.6 is 0 Å². The molecule has 31 heavy (non-hydrogen) atoms. The van der Waals surface area contributed by atoms with Crippen LogP contribution < -0.4 is 0 Å². The average molecular weight is 409 g/mol. The standard InChI is InChI=1S/C26H24N4O/c1-5-19-7-9-20(10-8-19)15-25-27-12-11-22(28-25)16-23-17(3)13-21(14-18(23)4)26-29-24(6-2)30-31-26/h1,7-14H,6,15-16H2,2-4H3. The van der Waals surface area contributed by atoms with Gasteiger partial charge in [-0.1, -0.05) is 30.1 Å². The Labute approximate surface area is 182 Å². The van der Waals surface area contributed by atoms with Crippen LogP contribution in [-0.4, -0.2) is 20.1 Å². The molecule has 0 saturated carbocycles. The minimum absolute atomic E-state index is 0.565. The van der Waals surface area contributed by atoms with Crippen molar-refractivity contribution in [3.05, 3.63) is 93.8 Å². The maximum Gasteiger partial charge on any atom is 0.257 e. The molecule has 0 radical (unpaired) electrons. The van der Waals surface area contributed by atoms with Crippen LogP contribution in [0.25, 0.3) is 11.5 Å². The highest BCUT2D eigenvalue weighted by Crippen LogP contribution is 2.26. The van der Waals surface area contributed by atoms with E-state index in [0.29, 0.717) is 12.3 Å². The minimum atomic E-state index is 0.565. The van der Waals surface area contributed by atoms with Crippen LogP contribution in [0.5, 0.6) is 0 Å². The Bertz CT molecular complexity index is 1230. The van der Waals surface area contributed by atoms with E-state index in [-0.39, 0.29) is 0 Å². The maximum absolute atomic E-state index is 5.43. The monoisotopic (exact) mass is 408 g/mol. The quantitative estimate of drug-likeness (QED) is 0.426. The highest BCUT2D eigenvalue weighted by molar-refractivity contribution is 5.58. The molecule has 4 rings (SSSR count). The molecule has 2 heterocycles. The molecule has 0 atom stereocenters. The van der Waals surface area contributed by atoms with Gasteiger partial charge in [0.1, 0.15) is 5.82 Å². The summed E-state index contributed by atoms with van der Waals surface area (Å²) in [5.74, 6) is 4.72. The maximum atomic E-state index is 5.43. The van der Waals surface area contributed by atoms with Gasteiger partial charge >= 0.3 is 0 Å². The van der Waals surface area contributed by atoms with Crippen molar-refractivity contribution >= 4 is 0 Å². The van der Waals surface area contributed by atoms with Gasteiger partial charge in [0.2, 0.25) is 0 Å². The molecule has 5 heteroatoms. The molecule has 2 aromatic heterocycles. The smallest absolute Gasteiger partial charge is 0.257 e. The van der Waals surface area contributed by atoms with Crippen LogP contribution in [0.1, 0.15) is 52.1 Å². The molecule has 4 aromatic rings. The van der Waals surface area contributed by atoms with E-state index in [0.717, 1.165) is 46.9 Å². The van der Waals surface area contributed by atoms with Gasteiger partial charge < -0.3 is 4.52 Å². The number of rotatable bonds is 6. The molecule has 0 spiro atoms. The van der Waals surface area contributed by atoms with Crippen LogP contribution in [-0.2, 0) is 19.3 Å². The van der Waals surface area contributed by atoms with Crippen molar-refractivity contribution in [2.75, 3.05) is 0 Å². The van der Waals surface area contributed by atoms with E-state index in [1.54, 1.807) is 0 Å². The predicted octanol–water partition coefficient (Wildman–Crippen LogP) is 4.87. The summed E-state index contributed by atoms with van der Waals surface area (Å²) in [4.78, 5) is 13.7. The predicted molar refractivity (Wildman–Crippen MR) is 121 cm³/mol. The minimum Gasteiger partial charge on any atom is -0.334 e. The van der Waals surface area contributed by atoms with Crippen molar-refractivity contribution in [1.29, 1.82) is 0 Å². The molecule has 0 aliphatic carbocycles. The van der Waals surface area contributed by atoms with E-state index in [9.17, 15) is 0 Å². The lowest BCUT2D eigenvalue weighted by Crippen LogP contribution is -2.03. The Balaban J connectivity index is 1.54. The fourth-order valence-corrected chi connectivity index (χ4v) is 3.62. The van der Waals surface area contributed by atoms with Crippen LogP contribution in [0.2, 0.25) is 0 Å². The topological polar surface area (TPSA) is 64.7 Å². The van der Waals surface area contributed by atoms with Crippen molar-refractivity contribution in [3.8, 4) is 23.8 Å². The molecule has 0 fully saturated rings. The van der Waals surface area contributed by atoms with Crippen molar-refractivity contribution < 1.29 is 4.52 Å². The summed E-state index contributed by atoms with van der Waals surface area (Å²) in [7, 11) is 0. The third kappa shape index (κ3) is 4.70. The Morgan fingerprint density at radius 1 is 0.935 bits per heavy atom. The molecular formula is C26H24N4O. The fourth-order valence-electron chi connectivity index (χ4n) is 3.62. The second-order valence-electron chi connectivity index (χ2n) is 7.62. The highest BCUT2D eigenvalue weighted by Gasteiger charge is 2.13. The zero-order valence-corrected chi connectivity index (χ0v) is 18.0. The molecule has 0 aliphatic rings. The summed E-state index contributed by atoms with van der Waals surface area (Å²) in [6.45, 7) is 6.23. The Kier molecular flexibility index (Phi) is 5.90. The van der Waals surface area contributed by atoms with Gasteiger partial charge in [-0.05, 0) is 66.4 Å². The number of terminal acetylenes is 1. The van der Waals surface area contributed by atoms with Crippen molar-refractivity contribution in [1.82, 2.24) is 20.1 Å². The number of nitrogens with zero attached hydrogens (tertiary/aromatic N) is 4. The van der Waals surface area contributed by atoms with Crippen molar-refractivity contribution in [2.24, 2.45) is 0 Å². The second-order valence-corrected chi connectivity index (χ2v) is 7.62. The summed E-state index contributed by atoms with van der Waals surface area (Å²) in [6.07, 6.45) is 9.43. The molecule has 0 saturated heterocycles. The van der Waals surface area contributed by atoms with Gasteiger partial charge in [-0.15, -0.1) is 6.42 Å². The lowest BCUT2D eigenvalue weighted by molar-refractivity contribution is 0.423. The zero-order chi connectivity index (χ0) is 21.8. The molecule has 154 valence electrons. The summed E-state index contributed by atoms with van der Waals surface area (Å²) < 4.78 is 5.40. The summed E-state index contributed by atoms with van der Waals surface area (Å²) in [5.41, 5.74) is 7.56. The zero-order valence-electron chi connectivity index (χ0n) is 18.0. The first-order valence-electron chi connectivity index (χ1n) is 10.3. The van der Waals surface area contributed by atoms with E-state index in [4.69, 9.17) is 15.9 Å². The molecule has 5 nitrogen and oxygen atoms in total. The van der Waals surface area contributed by atoms with Gasteiger partial charge in [-0.3, -0.25) is 0 Å². The van der Waals surface area contributed by atoms with Crippen LogP contribution in [0, 0.1) is 26.2 Å². The Morgan fingerprint density at radius 3 is 2.32 bits per heavy atom. The third-order valence-electron chi connectivity index (χ3n) is 5.33. The molecule has 0 aliphatic heterocycles. The van der Waals surface area contributed by atoms with Crippen molar-refractivity contribution in [2.45, 2.75) is 40.0 Å². The molecule has 0 bridgehead atoms. The molecule has 2 aromatic carbocycles. The van der Waals surface area contributed by atoms with Crippen molar-refractivity contribution in [3.63, 3.8) is 0 Å². The SMILES string of the molecule is C#Cc1ccc(Cc2nccc(Cc3c(C)cc(-c4nc(CC)no4)cc3C)n2)cc1. The van der Waals surface area contributed by atoms with E-state index in [1.807, 2.05) is 43.5 Å². The van der Waals surface area contributed by atoms with Gasteiger partial charge in [0, 0.05) is 42.3 Å². The van der Waals surface area contributed by atoms with Gasteiger partial charge in [0.15, 0.2) is 5.82 Å². The first kappa shape index (κ1) is 20.5. The first-order chi connectivity index (χ1) is 15.1. The van der Waals surface area contributed by atoms with E-state index in [1.165, 1.54) is 16.7 Å². The van der Waals surface area contributed by atoms with E-state index < -0.39 is 0 Å². The molecule has 0 amide bonds. The number of benzene rings is 2. The Hall–Kier alpha value is -3.78. The summed E-state index contributed by atoms with van der Waals surface area (Å²) in [5, 5.41) is 4.00. The van der Waals surface area contributed by atoms with Gasteiger partial charge in [0.25, 0.3) is 5.89 Å². The molecular weight excluding hydrogens is 384 g/mol. The first-order valence-corrected chi connectivity index (χ1v) is 10.3.